The maximum Gasteiger partial charge on any atom is 0.0630 e. The number of pyridine rings is 1. The second kappa shape index (κ2) is 17.5. The average Bonchev–Trinajstić information content (AvgIpc) is 3.71. The van der Waals surface area contributed by atoms with Crippen LogP contribution in [0.2, 0.25) is 0 Å². The molecule has 2 aliphatic carbocycles. The van der Waals surface area contributed by atoms with Crippen LogP contribution in [0.25, 0.3) is 46.6 Å². The Morgan fingerprint density at radius 1 is 0.329 bits per heavy atom. The van der Waals surface area contributed by atoms with Gasteiger partial charge in [-0.05, 0) is 196 Å². The second-order valence-electron chi connectivity index (χ2n) is 20.5. The standard InChI is InChI=1S/C67H59N3/c1-44-13-9-17-52(35-44)69(53-18-10-14-45(2)36-53)56-29-33-60-58-31-25-48(39-62(58)66(5,6)64(60)41-56)21-22-50-24-28-51(68-43-50)27-23-49-26-32-59-61-34-30-57(42-65(61)67(7,8)63(59)40-49)70(54-19-11-15-46(3)37-54)55-20-12-16-47(4)38-55/h9-43H,1-8H3. The highest BCUT2D eigenvalue weighted by atomic mass is 15.1. The number of benzene rings is 8. The fraction of sp³-hybridized carbons (Fsp3) is 0.149. The molecule has 3 heteroatoms. The first-order chi connectivity index (χ1) is 33.8. The van der Waals surface area contributed by atoms with E-state index in [2.05, 4.69) is 271 Å². The van der Waals surface area contributed by atoms with Gasteiger partial charge in [-0.15, -0.1) is 0 Å². The van der Waals surface area contributed by atoms with Gasteiger partial charge in [0.15, 0.2) is 0 Å². The second-order valence-corrected chi connectivity index (χ2v) is 20.5. The van der Waals surface area contributed by atoms with E-state index in [1.807, 2.05) is 6.20 Å². The minimum absolute atomic E-state index is 0.168. The Bertz CT molecular complexity index is 3220. The van der Waals surface area contributed by atoms with E-state index in [9.17, 15) is 0 Å². The molecule has 3 nitrogen and oxygen atoms in total. The number of nitrogens with zero attached hydrogens (tertiary/aromatic N) is 3. The maximum absolute atomic E-state index is 4.86. The van der Waals surface area contributed by atoms with Crippen molar-refractivity contribution in [1.82, 2.24) is 4.98 Å². The molecule has 2 aliphatic rings. The van der Waals surface area contributed by atoms with Crippen molar-refractivity contribution in [2.75, 3.05) is 9.80 Å². The minimum Gasteiger partial charge on any atom is -0.310 e. The van der Waals surface area contributed by atoms with Crippen LogP contribution >= 0.6 is 0 Å². The van der Waals surface area contributed by atoms with Crippen LogP contribution in [0.5, 0.6) is 0 Å². The summed E-state index contributed by atoms with van der Waals surface area (Å²) in [6.45, 7) is 18.1. The molecule has 8 aromatic carbocycles. The van der Waals surface area contributed by atoms with E-state index in [1.165, 1.54) is 83.6 Å². The van der Waals surface area contributed by atoms with Crippen LogP contribution in [-0.4, -0.2) is 4.98 Å². The maximum atomic E-state index is 4.86. The van der Waals surface area contributed by atoms with Gasteiger partial charge in [0.2, 0.25) is 0 Å². The molecule has 0 radical (unpaired) electrons. The lowest BCUT2D eigenvalue weighted by Crippen LogP contribution is -2.16. The van der Waals surface area contributed by atoms with Gasteiger partial charge in [-0.1, -0.05) is 149 Å². The molecule has 9 aromatic rings. The lowest BCUT2D eigenvalue weighted by atomic mass is 9.81. The summed E-state index contributed by atoms with van der Waals surface area (Å²) in [4.78, 5) is 9.64. The normalized spacial score (nSPS) is 13.8. The van der Waals surface area contributed by atoms with E-state index in [0.29, 0.717) is 0 Å². The van der Waals surface area contributed by atoms with Crippen LogP contribution in [0.1, 0.15) is 94.6 Å². The van der Waals surface area contributed by atoms with Crippen LogP contribution in [0.4, 0.5) is 34.1 Å². The molecule has 342 valence electrons. The lowest BCUT2D eigenvalue weighted by Gasteiger charge is -2.28. The first-order valence-corrected chi connectivity index (χ1v) is 24.6. The van der Waals surface area contributed by atoms with Crippen molar-refractivity contribution in [2.24, 2.45) is 0 Å². The molecular formula is C67H59N3. The van der Waals surface area contributed by atoms with Crippen molar-refractivity contribution in [1.29, 1.82) is 0 Å². The number of hydrogen-bond donors (Lipinski definition) is 0. The Balaban J connectivity index is 0.801. The van der Waals surface area contributed by atoms with Crippen LogP contribution in [0.3, 0.4) is 0 Å². The van der Waals surface area contributed by atoms with Gasteiger partial charge in [0.1, 0.15) is 0 Å². The Morgan fingerprint density at radius 3 is 1.03 bits per heavy atom. The van der Waals surface area contributed by atoms with Gasteiger partial charge in [0.25, 0.3) is 0 Å². The van der Waals surface area contributed by atoms with Crippen molar-refractivity contribution in [3.05, 3.63) is 255 Å². The van der Waals surface area contributed by atoms with Gasteiger partial charge in [-0.2, -0.15) is 0 Å². The number of aromatic nitrogens is 1. The smallest absolute Gasteiger partial charge is 0.0630 e. The zero-order valence-corrected chi connectivity index (χ0v) is 41.5. The Morgan fingerprint density at radius 2 is 0.657 bits per heavy atom. The van der Waals surface area contributed by atoms with Crippen molar-refractivity contribution in [3.8, 4) is 22.3 Å². The molecule has 0 fully saturated rings. The van der Waals surface area contributed by atoms with E-state index in [0.717, 1.165) is 39.7 Å². The zero-order valence-electron chi connectivity index (χ0n) is 41.5. The number of hydrogen-bond acceptors (Lipinski definition) is 3. The third-order valence-electron chi connectivity index (χ3n) is 14.6. The van der Waals surface area contributed by atoms with Crippen LogP contribution < -0.4 is 9.80 Å². The van der Waals surface area contributed by atoms with Gasteiger partial charge in [0, 0.05) is 51.2 Å². The minimum atomic E-state index is -0.171. The van der Waals surface area contributed by atoms with E-state index >= 15 is 0 Å². The quantitative estimate of drug-likeness (QED) is 0.136. The molecule has 0 N–H and O–H groups in total. The van der Waals surface area contributed by atoms with Crippen molar-refractivity contribution >= 4 is 58.4 Å². The molecule has 0 amide bonds. The number of aryl methyl sites for hydroxylation is 4. The molecular weight excluding hydrogens is 847 g/mol. The van der Waals surface area contributed by atoms with E-state index in [1.54, 1.807) is 0 Å². The monoisotopic (exact) mass is 905 g/mol. The summed E-state index contributed by atoms with van der Waals surface area (Å²) in [5.74, 6) is 0. The summed E-state index contributed by atoms with van der Waals surface area (Å²) < 4.78 is 0. The predicted octanol–water partition coefficient (Wildman–Crippen LogP) is 18.2. The van der Waals surface area contributed by atoms with Crippen LogP contribution in [-0.2, 0) is 10.8 Å². The summed E-state index contributed by atoms with van der Waals surface area (Å²) in [7, 11) is 0. The predicted molar refractivity (Wildman–Crippen MR) is 298 cm³/mol. The third kappa shape index (κ3) is 8.16. The summed E-state index contributed by atoms with van der Waals surface area (Å²) in [6, 6.07) is 67.2. The van der Waals surface area contributed by atoms with Crippen LogP contribution in [0.15, 0.2) is 188 Å². The topological polar surface area (TPSA) is 19.4 Å². The Kier molecular flexibility index (Phi) is 11.1. The number of rotatable bonds is 10. The summed E-state index contributed by atoms with van der Waals surface area (Å²) in [5, 5.41) is 0. The summed E-state index contributed by atoms with van der Waals surface area (Å²) in [6.07, 6.45) is 10.7. The molecule has 0 unspecified atom stereocenters. The van der Waals surface area contributed by atoms with E-state index < -0.39 is 0 Å². The summed E-state index contributed by atoms with van der Waals surface area (Å²) in [5.41, 5.74) is 26.6. The molecule has 0 spiro atoms. The van der Waals surface area contributed by atoms with Crippen molar-refractivity contribution < 1.29 is 0 Å². The SMILES string of the molecule is Cc1cccc(N(c2cccc(C)c2)c2ccc3c(c2)C(C)(C)c2cc(C=Cc4ccc(C=Cc5ccc6c(c5)C(C)(C)c5cc(N(c7cccc(C)c7)c7cccc(C)c7)ccc5-6)nc4)ccc2-3)c1. The highest BCUT2D eigenvalue weighted by Gasteiger charge is 2.37. The molecule has 11 rings (SSSR count). The molecule has 0 atom stereocenters. The zero-order chi connectivity index (χ0) is 48.3. The molecule has 0 bridgehead atoms. The number of anilines is 6. The van der Waals surface area contributed by atoms with E-state index in [-0.39, 0.29) is 10.8 Å². The highest BCUT2D eigenvalue weighted by Crippen LogP contribution is 2.53. The average molecular weight is 906 g/mol. The molecule has 0 saturated heterocycles. The summed E-state index contributed by atoms with van der Waals surface area (Å²) >= 11 is 0. The van der Waals surface area contributed by atoms with Gasteiger partial charge < -0.3 is 9.80 Å². The molecule has 0 aliphatic heterocycles. The first kappa shape index (κ1) is 44.5. The van der Waals surface area contributed by atoms with Gasteiger partial charge in [-0.3, -0.25) is 4.98 Å². The molecule has 1 aromatic heterocycles. The van der Waals surface area contributed by atoms with Gasteiger partial charge >= 0.3 is 0 Å². The van der Waals surface area contributed by atoms with Gasteiger partial charge in [0.05, 0.1) is 5.69 Å². The van der Waals surface area contributed by atoms with Crippen LogP contribution in [0, 0.1) is 27.7 Å². The Hall–Kier alpha value is -8.01. The number of fused-ring (bicyclic) bond motifs is 6. The third-order valence-corrected chi connectivity index (χ3v) is 14.6. The fourth-order valence-corrected chi connectivity index (χ4v) is 10.9. The first-order valence-electron chi connectivity index (χ1n) is 24.6. The lowest BCUT2D eigenvalue weighted by molar-refractivity contribution is 0.660. The molecule has 0 saturated carbocycles. The van der Waals surface area contributed by atoms with E-state index in [4.69, 9.17) is 4.98 Å². The van der Waals surface area contributed by atoms with Crippen molar-refractivity contribution in [2.45, 2.75) is 66.2 Å². The van der Waals surface area contributed by atoms with Gasteiger partial charge in [-0.25, -0.2) is 0 Å². The molecule has 1 heterocycles. The largest absolute Gasteiger partial charge is 0.310 e. The fourth-order valence-electron chi connectivity index (χ4n) is 10.9. The Labute approximate surface area is 414 Å². The molecule has 70 heavy (non-hydrogen) atoms. The van der Waals surface area contributed by atoms with Crippen molar-refractivity contribution in [3.63, 3.8) is 0 Å². The highest BCUT2D eigenvalue weighted by molar-refractivity contribution is 5.89.